The first-order valence-corrected chi connectivity index (χ1v) is 11.3. The molecule has 4 rings (SSSR count). The topological polar surface area (TPSA) is 75.6 Å². The Kier molecular flexibility index (Phi) is 6.78. The van der Waals surface area contributed by atoms with Crippen LogP contribution in [0, 0.1) is 13.8 Å². The monoisotopic (exact) mass is 443 g/mol. The molecule has 170 valence electrons. The van der Waals surface area contributed by atoms with Crippen LogP contribution in [0.15, 0.2) is 66.7 Å². The fraction of sp³-hybridized carbons (Fsp3) is 0.286. The van der Waals surface area contributed by atoms with Gasteiger partial charge in [0.25, 0.3) is 0 Å². The van der Waals surface area contributed by atoms with E-state index in [2.05, 4.69) is 49.5 Å². The molecule has 5 heteroatoms. The highest BCUT2D eigenvalue weighted by Gasteiger charge is 2.29. The molecular weight excluding hydrogens is 414 g/mol. The summed E-state index contributed by atoms with van der Waals surface area (Å²) in [6.45, 7) is 4.26. The Hall–Kier alpha value is -3.60. The summed E-state index contributed by atoms with van der Waals surface area (Å²) < 4.78 is 5.50. The predicted octanol–water partition coefficient (Wildman–Crippen LogP) is 5.62. The molecule has 0 aromatic heterocycles. The Morgan fingerprint density at radius 1 is 0.939 bits per heavy atom. The number of hydrogen-bond acceptors (Lipinski definition) is 3. The van der Waals surface area contributed by atoms with Crippen LogP contribution in [0.2, 0.25) is 0 Å². The van der Waals surface area contributed by atoms with E-state index < -0.39 is 18.1 Å². The van der Waals surface area contributed by atoms with Gasteiger partial charge >= 0.3 is 12.1 Å². The minimum atomic E-state index is -1.05. The van der Waals surface area contributed by atoms with Crippen molar-refractivity contribution in [3.8, 4) is 11.1 Å². The molecule has 0 saturated heterocycles. The van der Waals surface area contributed by atoms with Gasteiger partial charge in [0.05, 0.1) is 0 Å². The highest BCUT2D eigenvalue weighted by molar-refractivity contribution is 5.81. The molecule has 1 amide bonds. The quantitative estimate of drug-likeness (QED) is 0.474. The summed E-state index contributed by atoms with van der Waals surface area (Å²) in [5.74, 6) is -1.11. The zero-order valence-electron chi connectivity index (χ0n) is 19.0. The molecule has 5 nitrogen and oxygen atoms in total. The van der Waals surface area contributed by atoms with Crippen LogP contribution >= 0.6 is 0 Å². The molecule has 0 bridgehead atoms. The van der Waals surface area contributed by atoms with Crippen LogP contribution in [0.25, 0.3) is 11.1 Å². The van der Waals surface area contributed by atoms with Gasteiger partial charge in [-0.2, -0.15) is 0 Å². The van der Waals surface area contributed by atoms with Gasteiger partial charge in [-0.3, -0.25) is 0 Å². The number of carboxylic acid groups (broad SMARTS) is 1. The maximum absolute atomic E-state index is 12.5. The highest BCUT2D eigenvalue weighted by atomic mass is 16.5. The van der Waals surface area contributed by atoms with Gasteiger partial charge in [-0.1, -0.05) is 77.9 Å². The number of aliphatic carboxylic acids is 1. The fourth-order valence-corrected chi connectivity index (χ4v) is 4.76. The summed E-state index contributed by atoms with van der Waals surface area (Å²) >= 11 is 0. The average molecular weight is 444 g/mol. The lowest BCUT2D eigenvalue weighted by molar-refractivity contribution is -0.139. The minimum absolute atomic E-state index is 0.0593. The molecule has 2 N–H and O–H groups in total. The lowest BCUT2D eigenvalue weighted by Gasteiger charge is -2.17. The van der Waals surface area contributed by atoms with E-state index in [9.17, 15) is 14.7 Å². The standard InChI is InChI=1S/C28H29NO4/c1-18-14-19(2)16-20(15-18)8-7-13-26(27(30)31)29-28(32)33-17-25-23-11-5-3-9-21(23)22-10-4-6-12-24(22)25/h3-6,9-12,14-16,25-26H,7-8,13,17H2,1-2H3,(H,29,32)(H,30,31)/t26-/m0/s1. The molecule has 0 aliphatic heterocycles. The summed E-state index contributed by atoms with van der Waals surface area (Å²) in [5, 5.41) is 12.1. The third kappa shape index (κ3) is 5.25. The van der Waals surface area contributed by atoms with Crippen LogP contribution in [0.5, 0.6) is 0 Å². The van der Waals surface area contributed by atoms with Gasteiger partial charge in [0.1, 0.15) is 12.6 Å². The van der Waals surface area contributed by atoms with Gasteiger partial charge in [-0.25, -0.2) is 9.59 Å². The third-order valence-corrected chi connectivity index (χ3v) is 6.17. The number of carboxylic acids is 1. The number of nitrogens with one attached hydrogen (secondary N) is 1. The van der Waals surface area contributed by atoms with Crippen molar-refractivity contribution >= 4 is 12.1 Å². The molecule has 3 aromatic carbocycles. The van der Waals surface area contributed by atoms with E-state index in [1.807, 2.05) is 36.4 Å². The highest BCUT2D eigenvalue weighted by Crippen LogP contribution is 2.44. The number of carbonyl (C=O) groups excluding carboxylic acids is 1. The summed E-state index contributed by atoms with van der Waals surface area (Å²) in [4.78, 5) is 24.2. The molecule has 0 fully saturated rings. The van der Waals surface area contributed by atoms with Crippen LogP contribution in [-0.4, -0.2) is 29.8 Å². The Morgan fingerprint density at radius 2 is 1.52 bits per heavy atom. The van der Waals surface area contributed by atoms with Gasteiger partial charge in [-0.05, 0) is 60.9 Å². The van der Waals surface area contributed by atoms with Crippen molar-refractivity contribution in [2.24, 2.45) is 0 Å². The van der Waals surface area contributed by atoms with Gasteiger partial charge in [0.2, 0.25) is 0 Å². The molecule has 1 aliphatic rings. The van der Waals surface area contributed by atoms with E-state index >= 15 is 0 Å². The van der Waals surface area contributed by atoms with Crippen LogP contribution in [0.1, 0.15) is 46.6 Å². The molecule has 0 saturated carbocycles. The lowest BCUT2D eigenvalue weighted by Crippen LogP contribution is -2.41. The van der Waals surface area contributed by atoms with E-state index in [1.165, 1.54) is 16.7 Å². The predicted molar refractivity (Wildman–Crippen MR) is 128 cm³/mol. The summed E-state index contributed by atoms with van der Waals surface area (Å²) in [7, 11) is 0. The maximum Gasteiger partial charge on any atom is 0.407 e. The molecule has 1 atom stereocenters. The number of benzene rings is 3. The Labute approximate surface area is 194 Å². The van der Waals surface area contributed by atoms with E-state index in [-0.39, 0.29) is 12.5 Å². The number of rotatable bonds is 8. The minimum Gasteiger partial charge on any atom is -0.480 e. The molecule has 0 radical (unpaired) electrons. The fourth-order valence-electron chi connectivity index (χ4n) is 4.76. The zero-order chi connectivity index (χ0) is 23.4. The SMILES string of the molecule is Cc1cc(C)cc(CCC[C@H](NC(=O)OCC2c3ccccc3-c3ccccc32)C(=O)O)c1. The molecule has 1 aliphatic carbocycles. The zero-order valence-corrected chi connectivity index (χ0v) is 19.0. The average Bonchev–Trinajstić information content (AvgIpc) is 3.10. The van der Waals surface area contributed by atoms with Crippen molar-refractivity contribution in [1.29, 1.82) is 0 Å². The number of amides is 1. The number of carbonyl (C=O) groups is 2. The van der Waals surface area contributed by atoms with Gasteiger partial charge < -0.3 is 15.2 Å². The summed E-state index contributed by atoms with van der Waals surface area (Å²) in [6.07, 6.45) is 1.06. The van der Waals surface area contributed by atoms with Gasteiger partial charge in [0, 0.05) is 5.92 Å². The Morgan fingerprint density at radius 3 is 2.09 bits per heavy atom. The first kappa shape index (κ1) is 22.6. The summed E-state index contributed by atoms with van der Waals surface area (Å²) in [6, 6.07) is 21.6. The molecule has 0 unspecified atom stereocenters. The second-order valence-electron chi connectivity index (χ2n) is 8.75. The van der Waals surface area contributed by atoms with Crippen molar-refractivity contribution in [2.45, 2.75) is 45.1 Å². The molecular formula is C28H29NO4. The Bertz CT molecular complexity index is 1100. The molecule has 3 aromatic rings. The maximum atomic E-state index is 12.5. The van der Waals surface area contributed by atoms with Crippen LogP contribution in [0.3, 0.4) is 0 Å². The number of aryl methyl sites for hydroxylation is 3. The second-order valence-corrected chi connectivity index (χ2v) is 8.75. The number of hydrogen-bond donors (Lipinski definition) is 2. The summed E-state index contributed by atoms with van der Waals surface area (Å²) in [5.41, 5.74) is 8.10. The Balaban J connectivity index is 1.34. The van der Waals surface area contributed by atoms with Crippen molar-refractivity contribution in [3.63, 3.8) is 0 Å². The third-order valence-electron chi connectivity index (χ3n) is 6.17. The van der Waals surface area contributed by atoms with Crippen molar-refractivity contribution < 1.29 is 19.4 Å². The second kappa shape index (κ2) is 9.90. The largest absolute Gasteiger partial charge is 0.480 e. The van der Waals surface area contributed by atoms with E-state index in [0.29, 0.717) is 12.8 Å². The number of fused-ring (bicyclic) bond motifs is 3. The first-order valence-electron chi connectivity index (χ1n) is 11.3. The molecule has 0 heterocycles. The normalized spacial score (nSPS) is 13.2. The van der Waals surface area contributed by atoms with Crippen LogP contribution < -0.4 is 5.32 Å². The number of ether oxygens (including phenoxy) is 1. The van der Waals surface area contributed by atoms with Gasteiger partial charge in [0.15, 0.2) is 0 Å². The smallest absolute Gasteiger partial charge is 0.407 e. The molecule has 0 spiro atoms. The number of alkyl carbamates (subject to hydrolysis) is 1. The van der Waals surface area contributed by atoms with Crippen molar-refractivity contribution in [2.75, 3.05) is 6.61 Å². The van der Waals surface area contributed by atoms with E-state index in [1.54, 1.807) is 0 Å². The molecule has 33 heavy (non-hydrogen) atoms. The van der Waals surface area contributed by atoms with E-state index in [4.69, 9.17) is 4.74 Å². The van der Waals surface area contributed by atoms with Crippen LogP contribution in [0.4, 0.5) is 4.79 Å². The van der Waals surface area contributed by atoms with Crippen molar-refractivity contribution in [3.05, 3.63) is 94.5 Å². The first-order chi connectivity index (χ1) is 15.9. The van der Waals surface area contributed by atoms with E-state index in [0.717, 1.165) is 28.7 Å². The van der Waals surface area contributed by atoms with Crippen LogP contribution in [-0.2, 0) is 16.0 Å². The lowest BCUT2D eigenvalue weighted by atomic mass is 9.98. The van der Waals surface area contributed by atoms with Gasteiger partial charge in [-0.15, -0.1) is 0 Å². The van der Waals surface area contributed by atoms with Crippen molar-refractivity contribution in [1.82, 2.24) is 5.32 Å².